The van der Waals surface area contributed by atoms with Gasteiger partial charge in [0.2, 0.25) is 0 Å². The van der Waals surface area contributed by atoms with Gasteiger partial charge in [0.25, 0.3) is 0 Å². The van der Waals surface area contributed by atoms with Crippen LogP contribution in [0.15, 0.2) is 18.2 Å². The number of ether oxygens (including phenoxy) is 1. The van der Waals surface area contributed by atoms with Crippen molar-refractivity contribution in [2.24, 2.45) is 0 Å². The summed E-state index contributed by atoms with van der Waals surface area (Å²) in [6, 6.07) is 4.79. The number of aliphatic hydroxyl groups excluding tert-OH is 1. The highest BCUT2D eigenvalue weighted by atomic mass is 35.5. The van der Waals surface area contributed by atoms with E-state index in [1.54, 1.807) is 19.2 Å². The summed E-state index contributed by atoms with van der Waals surface area (Å²) < 4.78 is 18.7. The number of aliphatic hydroxyl groups is 1. The molecule has 0 bridgehead atoms. The second-order valence-corrected chi connectivity index (χ2v) is 4.43. The molecule has 1 atom stereocenters. The molecule has 0 saturated heterocycles. The number of hydrogen-bond donors (Lipinski definition) is 3. The van der Waals surface area contributed by atoms with Crippen molar-refractivity contribution in [3.8, 4) is 0 Å². The summed E-state index contributed by atoms with van der Waals surface area (Å²) in [5.41, 5.74) is 1.02. The summed E-state index contributed by atoms with van der Waals surface area (Å²) >= 11 is 5.50. The Kier molecular flexibility index (Phi) is 7.55. The van der Waals surface area contributed by atoms with Crippen LogP contribution in [0.5, 0.6) is 0 Å². The zero-order chi connectivity index (χ0) is 14.1. The Morgan fingerprint density at radius 3 is 2.89 bits per heavy atom. The molecular weight excluding hydrogens is 271 g/mol. The van der Waals surface area contributed by atoms with E-state index in [1.807, 2.05) is 0 Å². The number of methoxy groups -OCH3 is 1. The first-order valence-electron chi connectivity index (χ1n) is 6.18. The first-order valence-corrected chi connectivity index (χ1v) is 6.71. The van der Waals surface area contributed by atoms with Crippen LogP contribution >= 0.6 is 11.6 Å². The number of rotatable bonds is 9. The van der Waals surface area contributed by atoms with Crippen LogP contribution in [0.25, 0.3) is 0 Å². The summed E-state index contributed by atoms with van der Waals surface area (Å²) in [5.74, 6) is -0.253. The lowest BCUT2D eigenvalue weighted by atomic mass is 10.2. The molecule has 1 rings (SSSR count). The molecule has 1 aromatic rings. The molecule has 4 nitrogen and oxygen atoms in total. The van der Waals surface area contributed by atoms with Crippen LogP contribution < -0.4 is 10.6 Å². The van der Waals surface area contributed by atoms with Gasteiger partial charge in [0, 0.05) is 26.8 Å². The second kappa shape index (κ2) is 8.96. The molecule has 0 heterocycles. The molecule has 0 saturated carbocycles. The molecule has 108 valence electrons. The Labute approximate surface area is 117 Å². The van der Waals surface area contributed by atoms with E-state index in [2.05, 4.69) is 10.6 Å². The van der Waals surface area contributed by atoms with E-state index >= 15 is 0 Å². The van der Waals surface area contributed by atoms with Crippen LogP contribution in [0.3, 0.4) is 0 Å². The predicted molar refractivity (Wildman–Crippen MR) is 76.6 cm³/mol. The minimum Gasteiger partial charge on any atom is -0.390 e. The van der Waals surface area contributed by atoms with Crippen LogP contribution in [0, 0.1) is 5.82 Å². The first kappa shape index (κ1) is 16.0. The van der Waals surface area contributed by atoms with Crippen molar-refractivity contribution in [1.82, 2.24) is 0 Å². The van der Waals surface area contributed by atoms with Crippen molar-refractivity contribution in [3.05, 3.63) is 24.0 Å². The minimum atomic E-state index is -0.706. The second-order valence-electron chi connectivity index (χ2n) is 4.12. The van der Waals surface area contributed by atoms with Gasteiger partial charge in [0.15, 0.2) is 0 Å². The highest BCUT2D eigenvalue weighted by Gasteiger charge is 2.09. The molecule has 0 aromatic heterocycles. The summed E-state index contributed by atoms with van der Waals surface area (Å²) in [6.45, 7) is 1.54. The predicted octanol–water partition coefficient (Wildman–Crippen LogP) is 2.29. The zero-order valence-corrected chi connectivity index (χ0v) is 11.7. The SMILES string of the molecule is COCCCNc1cccc(F)c1NCC(O)CCl. The largest absolute Gasteiger partial charge is 0.390 e. The molecule has 0 aliphatic rings. The third kappa shape index (κ3) is 5.63. The number of anilines is 2. The molecule has 0 fully saturated rings. The van der Waals surface area contributed by atoms with Crippen molar-refractivity contribution in [1.29, 1.82) is 0 Å². The average Bonchev–Trinajstić information content (AvgIpc) is 2.42. The Morgan fingerprint density at radius 1 is 1.42 bits per heavy atom. The van der Waals surface area contributed by atoms with Gasteiger partial charge in [-0.15, -0.1) is 11.6 Å². The fourth-order valence-corrected chi connectivity index (χ4v) is 1.67. The average molecular weight is 291 g/mol. The minimum absolute atomic E-state index is 0.109. The standard InChI is InChI=1S/C13H20ClFN2O2/c1-19-7-3-6-16-12-5-2-4-11(15)13(12)17-9-10(18)8-14/h2,4-5,10,16-18H,3,6-9H2,1H3. The summed E-state index contributed by atoms with van der Waals surface area (Å²) in [6.07, 6.45) is 0.124. The van der Waals surface area contributed by atoms with Gasteiger partial charge in [-0.05, 0) is 18.6 Å². The topological polar surface area (TPSA) is 53.5 Å². The first-order chi connectivity index (χ1) is 9.19. The maximum Gasteiger partial charge on any atom is 0.148 e. The van der Waals surface area contributed by atoms with E-state index in [0.29, 0.717) is 24.5 Å². The Bertz CT molecular complexity index is 380. The number of hydrogen-bond acceptors (Lipinski definition) is 4. The Morgan fingerprint density at radius 2 is 2.21 bits per heavy atom. The molecule has 0 aliphatic heterocycles. The molecule has 1 unspecified atom stereocenters. The maximum absolute atomic E-state index is 13.7. The molecule has 19 heavy (non-hydrogen) atoms. The van der Waals surface area contributed by atoms with E-state index in [9.17, 15) is 9.50 Å². The fourth-order valence-electron chi connectivity index (χ4n) is 1.57. The Balaban J connectivity index is 2.61. The van der Waals surface area contributed by atoms with E-state index in [0.717, 1.165) is 6.42 Å². The lowest BCUT2D eigenvalue weighted by Gasteiger charge is -2.16. The summed E-state index contributed by atoms with van der Waals surface area (Å²) in [4.78, 5) is 0. The monoisotopic (exact) mass is 290 g/mol. The van der Waals surface area contributed by atoms with Crippen molar-refractivity contribution >= 4 is 23.0 Å². The van der Waals surface area contributed by atoms with Crippen LogP contribution in [0.1, 0.15) is 6.42 Å². The highest BCUT2D eigenvalue weighted by Crippen LogP contribution is 2.24. The maximum atomic E-state index is 13.7. The molecule has 1 aromatic carbocycles. The number of alkyl halides is 1. The van der Waals surface area contributed by atoms with Gasteiger partial charge in [-0.25, -0.2) is 4.39 Å². The van der Waals surface area contributed by atoms with E-state index in [-0.39, 0.29) is 18.2 Å². The van der Waals surface area contributed by atoms with Crippen LogP contribution in [0.4, 0.5) is 15.8 Å². The molecule has 0 spiro atoms. The van der Waals surface area contributed by atoms with E-state index in [4.69, 9.17) is 16.3 Å². The number of halogens is 2. The number of nitrogens with one attached hydrogen (secondary N) is 2. The van der Waals surface area contributed by atoms with Crippen LogP contribution in [-0.4, -0.2) is 43.9 Å². The van der Waals surface area contributed by atoms with Gasteiger partial charge >= 0.3 is 0 Å². The van der Waals surface area contributed by atoms with Crippen LogP contribution in [0.2, 0.25) is 0 Å². The molecule has 6 heteroatoms. The molecule has 0 amide bonds. The Hall–Kier alpha value is -1.04. The smallest absolute Gasteiger partial charge is 0.148 e. The van der Waals surface area contributed by atoms with E-state index < -0.39 is 6.10 Å². The van der Waals surface area contributed by atoms with Gasteiger partial charge in [-0.3, -0.25) is 0 Å². The molecule has 0 radical (unpaired) electrons. The normalized spacial score (nSPS) is 12.2. The number of benzene rings is 1. The van der Waals surface area contributed by atoms with Gasteiger partial charge < -0.3 is 20.5 Å². The van der Waals surface area contributed by atoms with Gasteiger partial charge in [-0.1, -0.05) is 6.07 Å². The molecule has 3 N–H and O–H groups in total. The van der Waals surface area contributed by atoms with Crippen molar-refractivity contribution in [3.63, 3.8) is 0 Å². The number of para-hydroxylation sites is 1. The van der Waals surface area contributed by atoms with Gasteiger partial charge in [0.05, 0.1) is 23.4 Å². The van der Waals surface area contributed by atoms with Crippen molar-refractivity contribution < 1.29 is 14.2 Å². The zero-order valence-electron chi connectivity index (χ0n) is 11.0. The van der Waals surface area contributed by atoms with Crippen molar-refractivity contribution in [2.75, 3.05) is 43.3 Å². The van der Waals surface area contributed by atoms with E-state index in [1.165, 1.54) is 6.07 Å². The molecular formula is C13H20ClFN2O2. The van der Waals surface area contributed by atoms with Crippen LogP contribution in [-0.2, 0) is 4.74 Å². The third-order valence-corrected chi connectivity index (χ3v) is 2.90. The summed E-state index contributed by atoms with van der Waals surface area (Å²) in [5, 5.41) is 15.4. The quantitative estimate of drug-likeness (QED) is 0.482. The highest BCUT2D eigenvalue weighted by molar-refractivity contribution is 6.18. The summed E-state index contributed by atoms with van der Waals surface area (Å²) in [7, 11) is 1.64. The van der Waals surface area contributed by atoms with Gasteiger partial charge in [-0.2, -0.15) is 0 Å². The molecule has 0 aliphatic carbocycles. The lowest BCUT2D eigenvalue weighted by molar-refractivity contribution is 0.198. The van der Waals surface area contributed by atoms with Crippen molar-refractivity contribution in [2.45, 2.75) is 12.5 Å². The lowest BCUT2D eigenvalue weighted by Crippen LogP contribution is -2.22. The van der Waals surface area contributed by atoms with Gasteiger partial charge in [0.1, 0.15) is 5.82 Å². The third-order valence-electron chi connectivity index (χ3n) is 2.55. The fraction of sp³-hybridized carbons (Fsp3) is 0.538.